The maximum Gasteiger partial charge on any atom is 0.162 e. The molecule has 0 bridgehead atoms. The van der Waals surface area contributed by atoms with Crippen LogP contribution in [0.3, 0.4) is 0 Å². The number of hydrogen-bond acceptors (Lipinski definition) is 2. The van der Waals surface area contributed by atoms with Gasteiger partial charge in [-0.1, -0.05) is 146 Å². The molecule has 0 aliphatic heterocycles. The molecule has 0 saturated carbocycles. The Morgan fingerprint density at radius 3 is 1.67 bits per heavy atom. The predicted octanol–water partition coefficient (Wildman–Crippen LogP) is 13.8. The van der Waals surface area contributed by atoms with Crippen LogP contribution in [0.25, 0.3) is 88.2 Å². The van der Waals surface area contributed by atoms with Crippen LogP contribution in [-0.2, 0) is 0 Å². The molecule has 0 aliphatic carbocycles. The summed E-state index contributed by atoms with van der Waals surface area (Å²) in [6.07, 6.45) is 0. The summed E-state index contributed by atoms with van der Waals surface area (Å²) in [5.74, 6) is 1.12. The summed E-state index contributed by atoms with van der Waals surface area (Å²) < 4.78 is 11.2. The zero-order valence-electron chi connectivity index (χ0n) is 31.8. The SMILES string of the molecule is C=C(N=C(N=C(C)c1ccc(-c2ccccc2)cc1)c1cccc2oc3cc(-n4c5ccccc5c5ccccc54)ccc3c12)n1c2ccccc2c2ccccc21. The lowest BCUT2D eigenvalue weighted by Crippen LogP contribution is -2.06. The molecule has 0 amide bonds. The summed E-state index contributed by atoms with van der Waals surface area (Å²) in [6, 6.07) is 65.6. The fourth-order valence-electron chi connectivity index (χ4n) is 8.62. The number of fused-ring (bicyclic) bond motifs is 9. The molecule has 0 aliphatic rings. The van der Waals surface area contributed by atoms with Gasteiger partial charge >= 0.3 is 0 Å². The minimum atomic E-state index is 0.552. The van der Waals surface area contributed by atoms with Crippen LogP contribution in [0.5, 0.6) is 0 Å². The van der Waals surface area contributed by atoms with Crippen LogP contribution in [0.1, 0.15) is 18.1 Å². The van der Waals surface area contributed by atoms with E-state index in [0.29, 0.717) is 11.7 Å². The fourth-order valence-corrected chi connectivity index (χ4v) is 8.62. The van der Waals surface area contributed by atoms with E-state index in [0.717, 1.165) is 82.9 Å². The van der Waals surface area contributed by atoms with Crippen LogP contribution in [-0.4, -0.2) is 20.7 Å². The average Bonchev–Trinajstić information content (AvgIpc) is 3.94. The predicted molar refractivity (Wildman–Crippen MR) is 243 cm³/mol. The molecule has 0 radical (unpaired) electrons. The van der Waals surface area contributed by atoms with Crippen molar-refractivity contribution in [3.63, 3.8) is 0 Å². The lowest BCUT2D eigenvalue weighted by atomic mass is 10.0. The molecule has 0 fully saturated rings. The number of aromatic nitrogens is 2. The molecule has 0 spiro atoms. The monoisotopic (exact) mass is 744 g/mol. The van der Waals surface area contributed by atoms with Crippen LogP contribution >= 0.6 is 0 Å². The number of furan rings is 1. The van der Waals surface area contributed by atoms with Crippen LogP contribution in [0.4, 0.5) is 0 Å². The summed E-state index contributed by atoms with van der Waals surface area (Å²) in [7, 11) is 0. The minimum Gasteiger partial charge on any atom is -0.456 e. The smallest absolute Gasteiger partial charge is 0.162 e. The molecular formula is C53H36N4O. The van der Waals surface area contributed by atoms with Gasteiger partial charge in [0, 0.05) is 55.3 Å². The molecule has 58 heavy (non-hydrogen) atoms. The first kappa shape index (κ1) is 33.6. The van der Waals surface area contributed by atoms with Crippen molar-refractivity contribution >= 4 is 82.9 Å². The van der Waals surface area contributed by atoms with Crippen LogP contribution in [0, 0.1) is 0 Å². The summed E-state index contributed by atoms with van der Waals surface area (Å²) >= 11 is 0. The van der Waals surface area contributed by atoms with E-state index in [4.69, 9.17) is 14.4 Å². The highest BCUT2D eigenvalue weighted by atomic mass is 16.3. The van der Waals surface area contributed by atoms with Crippen LogP contribution in [0.15, 0.2) is 209 Å². The van der Waals surface area contributed by atoms with Crippen LogP contribution in [0.2, 0.25) is 0 Å². The Hall–Kier alpha value is -7.76. The van der Waals surface area contributed by atoms with Gasteiger partial charge in [0.1, 0.15) is 17.0 Å². The van der Waals surface area contributed by atoms with E-state index in [9.17, 15) is 0 Å². The van der Waals surface area contributed by atoms with E-state index in [1.54, 1.807) is 0 Å². The maximum absolute atomic E-state index is 6.70. The second kappa shape index (κ2) is 13.5. The standard InChI is InChI=1S/C53H36N4O/c1-34(36-27-29-38(30-28-36)37-15-4-3-5-16-37)54-53(55-35(2)56-46-22-10-6-17-40(46)41-18-7-11-23-47(41)56)45-21-14-26-50-52(45)44-32-31-39(33-51(44)58-50)57-48-24-12-8-19-42(48)43-20-9-13-25-49(43)57/h3-33H,2H2,1H3. The summed E-state index contributed by atoms with van der Waals surface area (Å²) in [6.45, 7) is 6.63. The Morgan fingerprint density at radius 1 is 0.483 bits per heavy atom. The third-order valence-corrected chi connectivity index (χ3v) is 11.3. The Morgan fingerprint density at radius 2 is 1.03 bits per heavy atom. The van der Waals surface area contributed by atoms with Crippen molar-refractivity contribution in [2.24, 2.45) is 9.98 Å². The molecule has 0 saturated heterocycles. The lowest BCUT2D eigenvalue weighted by Gasteiger charge is -2.11. The van der Waals surface area contributed by atoms with Gasteiger partial charge in [0.05, 0.1) is 22.1 Å². The molecule has 5 heteroatoms. The van der Waals surface area contributed by atoms with Crippen molar-refractivity contribution in [3.05, 3.63) is 206 Å². The summed E-state index contributed by atoms with van der Waals surface area (Å²) in [4.78, 5) is 10.7. The number of benzene rings is 8. The van der Waals surface area contributed by atoms with Gasteiger partial charge in [0.15, 0.2) is 5.84 Å². The van der Waals surface area contributed by atoms with Crippen molar-refractivity contribution in [1.82, 2.24) is 9.13 Å². The highest BCUT2D eigenvalue weighted by molar-refractivity contribution is 6.22. The Labute approximate surface area is 334 Å². The maximum atomic E-state index is 6.70. The third kappa shape index (κ3) is 5.40. The largest absolute Gasteiger partial charge is 0.456 e. The molecule has 274 valence electrons. The average molecular weight is 745 g/mol. The lowest BCUT2D eigenvalue weighted by molar-refractivity contribution is 0.668. The number of hydrogen-bond donors (Lipinski definition) is 0. The summed E-state index contributed by atoms with van der Waals surface area (Å²) in [5.41, 5.74) is 12.0. The second-order valence-electron chi connectivity index (χ2n) is 14.7. The topological polar surface area (TPSA) is 47.7 Å². The van der Waals surface area contributed by atoms with E-state index >= 15 is 0 Å². The molecular weight excluding hydrogens is 709 g/mol. The van der Waals surface area contributed by atoms with Crippen molar-refractivity contribution in [3.8, 4) is 16.8 Å². The van der Waals surface area contributed by atoms with E-state index in [1.807, 2.05) is 25.1 Å². The van der Waals surface area contributed by atoms with Gasteiger partial charge < -0.3 is 8.98 Å². The molecule has 11 rings (SSSR count). The highest BCUT2D eigenvalue weighted by Crippen LogP contribution is 2.38. The zero-order chi connectivity index (χ0) is 38.7. The number of para-hydroxylation sites is 4. The van der Waals surface area contributed by atoms with Gasteiger partial charge in [-0.2, -0.15) is 0 Å². The molecule has 0 N–H and O–H groups in total. The number of rotatable bonds is 6. The molecule has 3 heterocycles. The zero-order valence-corrected chi connectivity index (χ0v) is 31.8. The second-order valence-corrected chi connectivity index (χ2v) is 14.7. The van der Waals surface area contributed by atoms with Crippen molar-refractivity contribution in [2.45, 2.75) is 6.92 Å². The molecule has 0 unspecified atom stereocenters. The van der Waals surface area contributed by atoms with Gasteiger partial charge in [0.2, 0.25) is 0 Å². The van der Waals surface area contributed by atoms with Gasteiger partial charge in [-0.25, -0.2) is 9.98 Å². The van der Waals surface area contributed by atoms with Gasteiger partial charge in [-0.3, -0.25) is 4.57 Å². The molecule has 8 aromatic carbocycles. The van der Waals surface area contributed by atoms with E-state index in [-0.39, 0.29) is 0 Å². The quantitative estimate of drug-likeness (QED) is 0.124. The third-order valence-electron chi connectivity index (χ3n) is 11.3. The van der Waals surface area contributed by atoms with Crippen molar-refractivity contribution < 1.29 is 4.42 Å². The fraction of sp³-hybridized carbons (Fsp3) is 0.0189. The summed E-state index contributed by atoms with van der Waals surface area (Å²) in [5, 5.41) is 6.68. The molecule has 11 aromatic rings. The minimum absolute atomic E-state index is 0.552. The van der Waals surface area contributed by atoms with Crippen LogP contribution < -0.4 is 0 Å². The van der Waals surface area contributed by atoms with E-state index in [2.05, 4.69) is 186 Å². The molecule has 0 atom stereocenters. The number of aliphatic imine (C=N–C) groups is 2. The number of amidine groups is 1. The highest BCUT2D eigenvalue weighted by Gasteiger charge is 2.19. The number of nitrogens with zero attached hydrogens (tertiary/aromatic N) is 4. The Kier molecular flexibility index (Phi) is 7.79. The first-order valence-electron chi connectivity index (χ1n) is 19.5. The van der Waals surface area contributed by atoms with Crippen molar-refractivity contribution in [1.29, 1.82) is 0 Å². The van der Waals surface area contributed by atoms with E-state index in [1.165, 1.54) is 16.3 Å². The Bertz CT molecular complexity index is 3360. The van der Waals surface area contributed by atoms with Gasteiger partial charge in [-0.05, 0) is 66.1 Å². The Balaban J connectivity index is 1.09. The van der Waals surface area contributed by atoms with Crippen molar-refractivity contribution in [2.75, 3.05) is 0 Å². The molecule has 5 nitrogen and oxygen atoms in total. The van der Waals surface area contributed by atoms with Gasteiger partial charge in [0.25, 0.3) is 0 Å². The molecule has 3 aromatic heterocycles. The first-order chi connectivity index (χ1) is 28.6. The first-order valence-corrected chi connectivity index (χ1v) is 19.5. The normalized spacial score (nSPS) is 12.5. The van der Waals surface area contributed by atoms with E-state index < -0.39 is 0 Å². The van der Waals surface area contributed by atoms with Gasteiger partial charge in [-0.15, -0.1) is 0 Å².